The lowest BCUT2D eigenvalue weighted by Gasteiger charge is -2.12. The first-order valence-corrected chi connectivity index (χ1v) is 4.37. The Balaban J connectivity index is 2.81. The molecule has 1 heterocycles. The summed E-state index contributed by atoms with van der Waals surface area (Å²) in [5, 5.41) is 2.60. The Morgan fingerprint density at radius 3 is 2.87 bits per heavy atom. The lowest BCUT2D eigenvalue weighted by atomic mass is 10.3. The van der Waals surface area contributed by atoms with Gasteiger partial charge >= 0.3 is 5.97 Å². The third-order valence-electron chi connectivity index (χ3n) is 1.87. The zero-order valence-corrected chi connectivity index (χ0v) is 8.74. The maximum Gasteiger partial charge on any atom is 0.328 e. The van der Waals surface area contributed by atoms with Gasteiger partial charge in [0.1, 0.15) is 12.4 Å². The van der Waals surface area contributed by atoms with Gasteiger partial charge in [-0.25, -0.2) is 19.2 Å². The van der Waals surface area contributed by atoms with E-state index >= 15 is 0 Å². The Bertz CT molecular complexity index is 370. The molecular formula is C9H12FN3O2. The summed E-state index contributed by atoms with van der Waals surface area (Å²) in [5.41, 5.74) is 0.226. The molecule has 15 heavy (non-hydrogen) atoms. The van der Waals surface area contributed by atoms with Crippen LogP contribution in [-0.2, 0) is 9.53 Å². The largest absolute Gasteiger partial charge is 0.467 e. The number of methoxy groups -OCH3 is 1. The summed E-state index contributed by atoms with van der Waals surface area (Å²) in [7, 11) is 1.27. The fourth-order valence-electron chi connectivity index (χ4n) is 0.999. The van der Waals surface area contributed by atoms with Crippen molar-refractivity contribution in [2.75, 3.05) is 12.4 Å². The lowest BCUT2D eigenvalue weighted by Crippen LogP contribution is -2.28. The van der Waals surface area contributed by atoms with Gasteiger partial charge in [-0.1, -0.05) is 0 Å². The molecule has 0 aliphatic carbocycles. The van der Waals surface area contributed by atoms with Crippen molar-refractivity contribution in [3.8, 4) is 0 Å². The second kappa shape index (κ2) is 4.68. The van der Waals surface area contributed by atoms with Gasteiger partial charge in [-0.15, -0.1) is 0 Å². The van der Waals surface area contributed by atoms with Crippen LogP contribution in [0.15, 0.2) is 6.33 Å². The number of nitrogens with zero attached hydrogens (tertiary/aromatic N) is 2. The lowest BCUT2D eigenvalue weighted by molar-refractivity contribution is -0.141. The quantitative estimate of drug-likeness (QED) is 0.755. The van der Waals surface area contributed by atoms with Crippen molar-refractivity contribution in [3.05, 3.63) is 17.8 Å². The third kappa shape index (κ3) is 2.61. The Morgan fingerprint density at radius 1 is 1.60 bits per heavy atom. The number of carbonyl (C=O) groups excluding carboxylic acids is 1. The second-order valence-electron chi connectivity index (χ2n) is 3.01. The number of nitrogens with one attached hydrogen (secondary N) is 1. The molecule has 0 saturated carbocycles. The van der Waals surface area contributed by atoms with Gasteiger partial charge in [0.2, 0.25) is 0 Å². The molecule has 0 radical (unpaired) electrons. The zero-order chi connectivity index (χ0) is 11.4. The van der Waals surface area contributed by atoms with E-state index < -0.39 is 17.8 Å². The molecule has 1 N–H and O–H groups in total. The topological polar surface area (TPSA) is 64.1 Å². The number of hydrogen-bond donors (Lipinski definition) is 1. The van der Waals surface area contributed by atoms with Crippen LogP contribution < -0.4 is 5.32 Å². The van der Waals surface area contributed by atoms with Crippen LogP contribution in [0.3, 0.4) is 0 Å². The molecule has 82 valence electrons. The Morgan fingerprint density at radius 2 is 2.27 bits per heavy atom. The highest BCUT2D eigenvalue weighted by atomic mass is 19.1. The average Bonchev–Trinajstić information content (AvgIpc) is 2.23. The van der Waals surface area contributed by atoms with Gasteiger partial charge in [0, 0.05) is 0 Å². The molecule has 0 saturated heterocycles. The van der Waals surface area contributed by atoms with Gasteiger partial charge in [0.25, 0.3) is 0 Å². The smallest absolute Gasteiger partial charge is 0.328 e. The SMILES string of the molecule is COC(=O)C(C)Nc1ncnc(C)c1F. The molecule has 0 amide bonds. The van der Waals surface area contributed by atoms with Crippen molar-refractivity contribution in [1.82, 2.24) is 9.97 Å². The molecule has 0 aliphatic heterocycles. The number of ether oxygens (including phenoxy) is 1. The number of carbonyl (C=O) groups is 1. The molecule has 0 fully saturated rings. The van der Waals surface area contributed by atoms with Crippen LogP contribution in [0.2, 0.25) is 0 Å². The molecule has 0 bridgehead atoms. The molecule has 1 aromatic heterocycles. The van der Waals surface area contributed by atoms with Crippen LogP contribution in [0.4, 0.5) is 10.2 Å². The normalized spacial score (nSPS) is 12.0. The molecule has 1 atom stereocenters. The first kappa shape index (κ1) is 11.4. The summed E-state index contributed by atoms with van der Waals surface area (Å²) >= 11 is 0. The van der Waals surface area contributed by atoms with Gasteiger partial charge in [-0.2, -0.15) is 0 Å². The van der Waals surface area contributed by atoms with Gasteiger partial charge in [-0.3, -0.25) is 0 Å². The molecular weight excluding hydrogens is 201 g/mol. The van der Waals surface area contributed by atoms with Crippen LogP contribution in [0.25, 0.3) is 0 Å². The van der Waals surface area contributed by atoms with E-state index in [1.54, 1.807) is 6.92 Å². The van der Waals surface area contributed by atoms with Gasteiger partial charge in [0.05, 0.1) is 12.8 Å². The maximum absolute atomic E-state index is 13.4. The summed E-state index contributed by atoms with van der Waals surface area (Å²) in [5.74, 6) is -1.04. The average molecular weight is 213 g/mol. The molecule has 0 aliphatic rings. The van der Waals surface area contributed by atoms with E-state index in [0.717, 1.165) is 0 Å². The first-order chi connectivity index (χ1) is 7.06. The van der Waals surface area contributed by atoms with Gasteiger partial charge < -0.3 is 10.1 Å². The van der Waals surface area contributed by atoms with E-state index in [1.807, 2.05) is 0 Å². The Hall–Kier alpha value is -1.72. The predicted molar refractivity (Wildman–Crippen MR) is 51.8 cm³/mol. The monoisotopic (exact) mass is 213 g/mol. The van der Waals surface area contributed by atoms with Crippen molar-refractivity contribution >= 4 is 11.8 Å². The van der Waals surface area contributed by atoms with E-state index in [0.29, 0.717) is 0 Å². The summed E-state index contributed by atoms with van der Waals surface area (Å²) in [4.78, 5) is 18.4. The van der Waals surface area contributed by atoms with Crippen molar-refractivity contribution < 1.29 is 13.9 Å². The number of aromatic nitrogens is 2. The molecule has 0 spiro atoms. The minimum absolute atomic E-state index is 0.000370. The number of aryl methyl sites for hydroxylation is 1. The highest BCUT2D eigenvalue weighted by molar-refractivity contribution is 5.78. The molecule has 0 aromatic carbocycles. The van der Waals surface area contributed by atoms with Crippen molar-refractivity contribution in [2.24, 2.45) is 0 Å². The fourth-order valence-corrected chi connectivity index (χ4v) is 0.999. The van der Waals surface area contributed by atoms with E-state index in [-0.39, 0.29) is 11.5 Å². The van der Waals surface area contributed by atoms with Crippen LogP contribution in [0.5, 0.6) is 0 Å². The number of anilines is 1. The van der Waals surface area contributed by atoms with E-state index in [1.165, 1.54) is 20.4 Å². The summed E-state index contributed by atoms with van der Waals surface area (Å²) in [6.45, 7) is 3.08. The minimum atomic E-state index is -0.654. The molecule has 1 unspecified atom stereocenters. The maximum atomic E-state index is 13.4. The van der Waals surface area contributed by atoms with Crippen molar-refractivity contribution in [2.45, 2.75) is 19.9 Å². The highest BCUT2D eigenvalue weighted by Crippen LogP contribution is 2.12. The molecule has 6 heteroatoms. The Labute approximate surface area is 86.7 Å². The number of hydrogen-bond acceptors (Lipinski definition) is 5. The number of halogens is 1. The zero-order valence-electron chi connectivity index (χ0n) is 8.74. The van der Waals surface area contributed by atoms with E-state index in [2.05, 4.69) is 20.0 Å². The van der Waals surface area contributed by atoms with Crippen LogP contribution >= 0.6 is 0 Å². The third-order valence-corrected chi connectivity index (χ3v) is 1.87. The van der Waals surface area contributed by atoms with E-state index in [4.69, 9.17) is 0 Å². The summed E-state index contributed by atoms with van der Waals surface area (Å²) < 4.78 is 17.9. The number of esters is 1. The van der Waals surface area contributed by atoms with Crippen molar-refractivity contribution in [3.63, 3.8) is 0 Å². The van der Waals surface area contributed by atoms with Gasteiger partial charge in [-0.05, 0) is 13.8 Å². The van der Waals surface area contributed by atoms with Crippen LogP contribution in [-0.4, -0.2) is 29.1 Å². The predicted octanol–water partition coefficient (Wildman–Crippen LogP) is 0.898. The standard InChI is InChI=1S/C9H12FN3O2/c1-5-7(10)8(12-4-11-5)13-6(2)9(14)15-3/h4,6H,1-3H3,(H,11,12,13). The fraction of sp³-hybridized carbons (Fsp3) is 0.444. The van der Waals surface area contributed by atoms with Crippen molar-refractivity contribution in [1.29, 1.82) is 0 Å². The molecule has 1 aromatic rings. The summed E-state index contributed by atoms with van der Waals surface area (Å²) in [6, 6.07) is -0.654. The number of rotatable bonds is 3. The highest BCUT2D eigenvalue weighted by Gasteiger charge is 2.16. The second-order valence-corrected chi connectivity index (χ2v) is 3.01. The first-order valence-electron chi connectivity index (χ1n) is 4.37. The molecule has 5 nitrogen and oxygen atoms in total. The van der Waals surface area contributed by atoms with Crippen LogP contribution in [0, 0.1) is 12.7 Å². The molecule has 1 rings (SSSR count). The van der Waals surface area contributed by atoms with Gasteiger partial charge in [0.15, 0.2) is 11.6 Å². The minimum Gasteiger partial charge on any atom is -0.467 e. The van der Waals surface area contributed by atoms with E-state index in [9.17, 15) is 9.18 Å². The van der Waals surface area contributed by atoms with Crippen LogP contribution in [0.1, 0.15) is 12.6 Å². The summed E-state index contributed by atoms with van der Waals surface area (Å²) in [6.07, 6.45) is 1.23. The Kier molecular flexibility index (Phi) is 3.54.